The van der Waals surface area contributed by atoms with Gasteiger partial charge in [-0.05, 0) is 66.7 Å². The molecule has 2 amide bonds. The monoisotopic (exact) mass is 476 g/mol. The van der Waals surface area contributed by atoms with Crippen LogP contribution in [0.15, 0.2) is 48.5 Å². The number of aliphatic carboxylic acids is 1. The average molecular weight is 477 g/mol. The molecule has 0 aromatic heterocycles. The summed E-state index contributed by atoms with van der Waals surface area (Å²) in [6.45, 7) is 2.24. The largest absolute Gasteiger partial charge is 0.481 e. The van der Waals surface area contributed by atoms with Crippen LogP contribution in [0.2, 0.25) is 0 Å². The number of carbonyl (C=O) groups excluding carboxylic acids is 2. The van der Waals surface area contributed by atoms with Crippen molar-refractivity contribution in [2.75, 3.05) is 13.2 Å². The number of carboxylic acids is 1. The zero-order chi connectivity index (χ0) is 24.6. The van der Waals surface area contributed by atoms with E-state index in [0.29, 0.717) is 13.0 Å². The van der Waals surface area contributed by atoms with Gasteiger partial charge in [0.25, 0.3) is 0 Å². The summed E-state index contributed by atoms with van der Waals surface area (Å²) in [5.41, 5.74) is 3.50. The fraction of sp³-hybridized carbons (Fsp3) is 0.464. The fourth-order valence-electron chi connectivity index (χ4n) is 5.87. The summed E-state index contributed by atoms with van der Waals surface area (Å²) in [5, 5.41) is 15.2. The van der Waals surface area contributed by atoms with Gasteiger partial charge < -0.3 is 20.5 Å². The lowest BCUT2D eigenvalue weighted by Crippen LogP contribution is -2.59. The van der Waals surface area contributed by atoms with Crippen molar-refractivity contribution in [3.05, 3.63) is 59.7 Å². The Morgan fingerprint density at radius 3 is 2.20 bits per heavy atom. The zero-order valence-corrected chi connectivity index (χ0v) is 20.0. The summed E-state index contributed by atoms with van der Waals surface area (Å²) in [6, 6.07) is 16.3. The van der Waals surface area contributed by atoms with Crippen LogP contribution < -0.4 is 10.6 Å². The normalized spacial score (nSPS) is 22.5. The molecule has 0 spiro atoms. The van der Waals surface area contributed by atoms with Crippen LogP contribution in [-0.4, -0.2) is 41.8 Å². The van der Waals surface area contributed by atoms with Crippen molar-refractivity contribution in [3.63, 3.8) is 0 Å². The highest BCUT2D eigenvalue weighted by Crippen LogP contribution is 2.45. The van der Waals surface area contributed by atoms with Crippen LogP contribution in [0.4, 0.5) is 4.79 Å². The van der Waals surface area contributed by atoms with Crippen LogP contribution in [0, 0.1) is 17.8 Å². The molecule has 3 aliphatic carbocycles. The second-order valence-electron chi connectivity index (χ2n) is 10.3. The molecule has 2 aromatic rings. The lowest BCUT2D eigenvalue weighted by molar-refractivity contribution is -0.143. The third-order valence-electron chi connectivity index (χ3n) is 8.07. The van der Waals surface area contributed by atoms with E-state index >= 15 is 0 Å². The molecule has 7 heteroatoms. The van der Waals surface area contributed by atoms with Crippen molar-refractivity contribution >= 4 is 18.0 Å². The standard InChI is InChI=1S/C28H32N2O5/c1-28(18-13-14-18,26(33)29-15-17-7-6-12-19(17)25(31)32)30-27(34)35-16-24-22-10-4-2-8-20(22)21-9-3-5-11-23(21)24/h2-5,8-11,17-19,24H,6-7,12-16H2,1H3,(H,29,33)(H,30,34)(H,31,32)/t17-,19-,28?/m1/s1. The molecule has 184 valence electrons. The predicted octanol–water partition coefficient (Wildman–Crippen LogP) is 4.31. The molecule has 2 saturated carbocycles. The van der Waals surface area contributed by atoms with Gasteiger partial charge in [0.05, 0.1) is 5.92 Å². The van der Waals surface area contributed by atoms with Crippen LogP contribution in [-0.2, 0) is 14.3 Å². The Morgan fingerprint density at radius 1 is 0.971 bits per heavy atom. The number of benzene rings is 2. The number of hydrogen-bond donors (Lipinski definition) is 3. The smallest absolute Gasteiger partial charge is 0.408 e. The fourth-order valence-corrected chi connectivity index (χ4v) is 5.87. The first-order valence-corrected chi connectivity index (χ1v) is 12.5. The Bertz CT molecular complexity index is 1100. The number of hydrogen-bond acceptors (Lipinski definition) is 4. The van der Waals surface area contributed by atoms with Crippen molar-refractivity contribution in [1.82, 2.24) is 10.6 Å². The minimum atomic E-state index is -1.08. The van der Waals surface area contributed by atoms with Gasteiger partial charge in [-0.15, -0.1) is 0 Å². The van der Waals surface area contributed by atoms with Crippen molar-refractivity contribution in [2.45, 2.75) is 50.5 Å². The van der Waals surface area contributed by atoms with Gasteiger partial charge in [-0.2, -0.15) is 0 Å². The van der Waals surface area contributed by atoms with Gasteiger partial charge in [0.2, 0.25) is 5.91 Å². The van der Waals surface area contributed by atoms with Crippen molar-refractivity contribution < 1.29 is 24.2 Å². The molecule has 0 radical (unpaired) electrons. The molecule has 7 nitrogen and oxygen atoms in total. The number of amides is 2. The quantitative estimate of drug-likeness (QED) is 0.527. The van der Waals surface area contributed by atoms with Gasteiger partial charge in [-0.1, -0.05) is 55.0 Å². The first-order chi connectivity index (χ1) is 16.9. The van der Waals surface area contributed by atoms with Crippen LogP contribution in [0.5, 0.6) is 0 Å². The van der Waals surface area contributed by atoms with Gasteiger partial charge in [0.15, 0.2) is 0 Å². The number of carboxylic acid groups (broad SMARTS) is 1. The molecule has 3 aliphatic rings. The average Bonchev–Trinajstić information content (AvgIpc) is 3.53. The summed E-state index contributed by atoms with van der Waals surface area (Å²) < 4.78 is 5.68. The first kappa shape index (κ1) is 23.4. The van der Waals surface area contributed by atoms with E-state index in [1.165, 1.54) is 0 Å². The number of nitrogens with one attached hydrogen (secondary N) is 2. The Balaban J connectivity index is 1.22. The highest BCUT2D eigenvalue weighted by Gasteiger charge is 2.49. The Hall–Kier alpha value is -3.35. The Labute approximate surface area is 205 Å². The Morgan fingerprint density at radius 2 is 1.60 bits per heavy atom. The highest BCUT2D eigenvalue weighted by atomic mass is 16.5. The van der Waals surface area contributed by atoms with Crippen molar-refractivity contribution in [1.29, 1.82) is 0 Å². The molecular weight excluding hydrogens is 444 g/mol. The van der Waals surface area contributed by atoms with Gasteiger partial charge in [-0.3, -0.25) is 9.59 Å². The van der Waals surface area contributed by atoms with E-state index < -0.39 is 23.5 Å². The predicted molar refractivity (Wildman–Crippen MR) is 131 cm³/mol. The third-order valence-corrected chi connectivity index (χ3v) is 8.07. The molecule has 0 aliphatic heterocycles. The number of carbonyl (C=O) groups is 3. The maximum Gasteiger partial charge on any atom is 0.408 e. The second kappa shape index (κ2) is 9.36. The molecule has 3 N–H and O–H groups in total. The first-order valence-electron chi connectivity index (χ1n) is 12.5. The van der Waals surface area contributed by atoms with E-state index in [1.807, 2.05) is 24.3 Å². The van der Waals surface area contributed by atoms with Crippen LogP contribution in [0.25, 0.3) is 11.1 Å². The van der Waals surface area contributed by atoms with Gasteiger partial charge in [-0.25, -0.2) is 4.79 Å². The van der Waals surface area contributed by atoms with E-state index in [0.717, 1.165) is 47.9 Å². The summed E-state index contributed by atoms with van der Waals surface area (Å²) in [5.74, 6) is -1.58. The Kier molecular flexibility index (Phi) is 6.26. The number of fused-ring (bicyclic) bond motifs is 3. The van der Waals surface area contributed by atoms with Gasteiger partial charge in [0, 0.05) is 12.5 Å². The maximum atomic E-state index is 13.2. The van der Waals surface area contributed by atoms with Crippen molar-refractivity contribution in [3.8, 4) is 11.1 Å². The number of ether oxygens (including phenoxy) is 1. The van der Waals surface area contributed by atoms with Crippen LogP contribution in [0.3, 0.4) is 0 Å². The molecule has 2 aromatic carbocycles. The van der Waals surface area contributed by atoms with E-state index in [1.54, 1.807) is 6.92 Å². The maximum absolute atomic E-state index is 13.2. The molecule has 0 bridgehead atoms. The van der Waals surface area contributed by atoms with Gasteiger partial charge in [0.1, 0.15) is 12.1 Å². The molecule has 3 atom stereocenters. The summed E-state index contributed by atoms with van der Waals surface area (Å²) in [4.78, 5) is 37.5. The molecule has 0 heterocycles. The molecular formula is C28H32N2O5. The summed E-state index contributed by atoms with van der Waals surface area (Å²) >= 11 is 0. The number of rotatable bonds is 8. The lowest BCUT2D eigenvalue weighted by Gasteiger charge is -2.30. The molecule has 0 saturated heterocycles. The third kappa shape index (κ3) is 4.51. The minimum absolute atomic E-state index is 0.0434. The second-order valence-corrected chi connectivity index (χ2v) is 10.3. The lowest BCUT2D eigenvalue weighted by atomic mass is 9.92. The van der Waals surface area contributed by atoms with E-state index in [-0.39, 0.29) is 30.3 Å². The van der Waals surface area contributed by atoms with E-state index in [4.69, 9.17) is 4.74 Å². The molecule has 5 rings (SSSR count). The highest BCUT2D eigenvalue weighted by molar-refractivity contribution is 5.90. The molecule has 35 heavy (non-hydrogen) atoms. The minimum Gasteiger partial charge on any atom is -0.481 e. The topological polar surface area (TPSA) is 105 Å². The van der Waals surface area contributed by atoms with Crippen LogP contribution in [0.1, 0.15) is 56.1 Å². The van der Waals surface area contributed by atoms with E-state index in [9.17, 15) is 19.5 Å². The zero-order valence-electron chi connectivity index (χ0n) is 20.0. The van der Waals surface area contributed by atoms with Crippen LogP contribution >= 0.6 is 0 Å². The van der Waals surface area contributed by atoms with Gasteiger partial charge >= 0.3 is 12.1 Å². The van der Waals surface area contributed by atoms with Crippen molar-refractivity contribution in [2.24, 2.45) is 17.8 Å². The summed E-state index contributed by atoms with van der Waals surface area (Å²) in [6.07, 6.45) is 3.39. The molecule has 2 fully saturated rings. The number of alkyl carbamates (subject to hydrolysis) is 1. The SMILES string of the molecule is CC(NC(=O)OCC1c2ccccc2-c2ccccc21)(C(=O)NC[C@H]1CCC[C@H]1C(=O)O)C1CC1. The summed E-state index contributed by atoms with van der Waals surface area (Å²) in [7, 11) is 0. The molecule has 1 unspecified atom stereocenters. The van der Waals surface area contributed by atoms with E-state index in [2.05, 4.69) is 34.9 Å².